The second-order valence-corrected chi connectivity index (χ2v) is 37.3. The van der Waals surface area contributed by atoms with Crippen molar-refractivity contribution < 1.29 is 17.4 Å². The molecule has 0 bridgehead atoms. The zero-order valence-corrected chi connectivity index (χ0v) is 19.4. The van der Waals surface area contributed by atoms with Gasteiger partial charge < -0.3 is 0 Å². The van der Waals surface area contributed by atoms with Crippen LogP contribution in [0.15, 0.2) is 39.7 Å². The predicted octanol–water partition coefficient (Wildman–Crippen LogP) is 5.39. The molecule has 1 unspecified atom stereocenters. The molecule has 2 aliphatic rings. The normalized spacial score (nSPS) is 19.3. The maximum absolute atomic E-state index is 2.90. The number of aryl methyl sites for hydroxylation is 2. The smallest absolute Gasteiger partial charge is 0.147 e. The van der Waals surface area contributed by atoms with Crippen LogP contribution in [-0.2, 0) is 17.4 Å². The quantitative estimate of drug-likeness (QED) is 0.550. The molecule has 0 amide bonds. The maximum Gasteiger partial charge on any atom is -0.147 e. The molecule has 0 aromatic heterocycles. The molecule has 22 heavy (non-hydrogen) atoms. The summed E-state index contributed by atoms with van der Waals surface area (Å²) in [5.41, 5.74) is 6.03. The molecule has 0 radical (unpaired) electrons. The Morgan fingerprint density at radius 2 is 1.73 bits per heavy atom. The minimum absolute atomic E-state index is 0. The molecule has 0 aliphatic heterocycles. The van der Waals surface area contributed by atoms with Gasteiger partial charge in [-0.2, -0.15) is 0 Å². The fraction of sp³-hybridized carbons (Fsp3) is 0.333. The Morgan fingerprint density at radius 3 is 2.32 bits per heavy atom. The molecule has 0 saturated carbocycles. The molecule has 1 aromatic rings. The topological polar surface area (TPSA) is 0 Å². The molecule has 0 nitrogen and oxygen atoms in total. The van der Waals surface area contributed by atoms with Gasteiger partial charge in [-0.05, 0) is 0 Å². The van der Waals surface area contributed by atoms with Crippen molar-refractivity contribution in [2.24, 2.45) is 0 Å². The van der Waals surface area contributed by atoms with Crippen LogP contribution in [0.2, 0.25) is 9.26 Å². The van der Waals surface area contributed by atoms with Crippen molar-refractivity contribution >= 4 is 37.8 Å². The molecule has 0 fully saturated rings. The largest absolute Gasteiger partial charge is 0.147 e. The zero-order valence-electron chi connectivity index (χ0n) is 13.8. The van der Waals surface area contributed by atoms with Crippen LogP contribution in [0.3, 0.4) is 0 Å². The standard InChI is InChI=1S/C11H11.C5H5.2CH3.2ClH.H2Si.Zr/c1-8-6-7-9(2)11-5-3-4-10(8)11;1-2-4-5-3-1;;;;;;/h3-7H,1-2H3;1-3H,4H2;2*1H3;2*1H;1H2;. The first kappa shape index (κ1) is 20.2. The number of halogens is 2. The zero-order chi connectivity index (χ0) is 14.6. The van der Waals surface area contributed by atoms with Gasteiger partial charge in [0.2, 0.25) is 0 Å². The van der Waals surface area contributed by atoms with Gasteiger partial charge in [-0.15, -0.1) is 24.8 Å². The van der Waals surface area contributed by atoms with E-state index in [0.29, 0.717) is 3.63 Å². The summed E-state index contributed by atoms with van der Waals surface area (Å²) in [4.78, 5) is 0. The van der Waals surface area contributed by atoms with E-state index in [2.05, 4.69) is 72.5 Å². The number of rotatable bonds is 2. The van der Waals surface area contributed by atoms with Gasteiger partial charge in [0.25, 0.3) is 0 Å². The van der Waals surface area contributed by atoms with E-state index >= 15 is 0 Å². The van der Waals surface area contributed by atoms with Crippen LogP contribution in [0.25, 0.3) is 6.08 Å². The molecule has 0 heterocycles. The van der Waals surface area contributed by atoms with Gasteiger partial charge in [0, 0.05) is 0 Å². The van der Waals surface area contributed by atoms with Crippen molar-refractivity contribution in [3.63, 3.8) is 0 Å². The maximum atomic E-state index is 2.63. The van der Waals surface area contributed by atoms with Crippen molar-refractivity contribution in [1.82, 2.24) is 0 Å². The molecule has 120 valence electrons. The molecular weight excluding hydrogens is 406 g/mol. The predicted molar refractivity (Wildman–Crippen MR) is 104 cm³/mol. The van der Waals surface area contributed by atoms with Crippen molar-refractivity contribution in [3.05, 3.63) is 62.0 Å². The van der Waals surface area contributed by atoms with Crippen molar-refractivity contribution in [2.75, 3.05) is 0 Å². The summed E-state index contributed by atoms with van der Waals surface area (Å²) >= 11 is -2.90. The van der Waals surface area contributed by atoms with E-state index in [4.69, 9.17) is 0 Å². The Balaban J connectivity index is 0.00000121. The van der Waals surface area contributed by atoms with Crippen molar-refractivity contribution in [2.45, 2.75) is 33.2 Å². The number of hydrogen-bond acceptors (Lipinski definition) is 0. The van der Waals surface area contributed by atoms with E-state index in [1.54, 1.807) is 8.84 Å². The Bertz CT molecular complexity index is 751. The summed E-state index contributed by atoms with van der Waals surface area (Å²) in [5, 5.41) is 0. The van der Waals surface area contributed by atoms with Crippen molar-refractivity contribution in [3.8, 4) is 0 Å². The van der Waals surface area contributed by atoms with E-state index in [0.717, 1.165) is 0 Å². The van der Waals surface area contributed by atoms with Crippen molar-refractivity contribution in [1.29, 1.82) is 0 Å². The van der Waals surface area contributed by atoms with Crippen LogP contribution in [-0.4, -0.2) is 6.88 Å². The number of allylic oxidation sites excluding steroid dienone is 5. The SMILES string of the molecule is Cc1ccc(C)c2c1C=C[CH]2[Zr]([CH3])([CH3])(=[SiH2])[C]1=CC=CC1.Cl.Cl. The van der Waals surface area contributed by atoms with E-state index in [1.807, 2.05) is 0 Å². The molecule has 4 heteroatoms. The van der Waals surface area contributed by atoms with Gasteiger partial charge in [0.15, 0.2) is 0 Å². The fourth-order valence-corrected chi connectivity index (χ4v) is 16.8. The fourth-order valence-electron chi connectivity index (χ4n) is 3.80. The first-order chi connectivity index (χ1) is 9.30. The third-order valence-electron chi connectivity index (χ3n) is 5.31. The summed E-state index contributed by atoms with van der Waals surface area (Å²) in [6.45, 7) is 6.90. The van der Waals surface area contributed by atoms with Crippen LogP contribution in [0.5, 0.6) is 0 Å². The molecule has 1 aromatic carbocycles. The van der Waals surface area contributed by atoms with Crippen LogP contribution in [0, 0.1) is 13.8 Å². The summed E-state index contributed by atoms with van der Waals surface area (Å²) in [6.07, 6.45) is 13.1. The van der Waals surface area contributed by atoms with Gasteiger partial charge in [0.05, 0.1) is 0 Å². The van der Waals surface area contributed by atoms with Gasteiger partial charge in [-0.3, -0.25) is 0 Å². The minimum atomic E-state index is -2.90. The van der Waals surface area contributed by atoms with E-state index < -0.39 is 17.4 Å². The minimum Gasteiger partial charge on any atom is -0.147 e. The van der Waals surface area contributed by atoms with E-state index in [1.165, 1.54) is 23.1 Å². The van der Waals surface area contributed by atoms with Gasteiger partial charge in [-0.1, -0.05) is 0 Å². The third-order valence-corrected chi connectivity index (χ3v) is 22.8. The number of fused-ring (bicyclic) bond motifs is 1. The Kier molecular flexibility index (Phi) is 6.01. The summed E-state index contributed by atoms with van der Waals surface area (Å²) in [5.74, 6) is 0. The second-order valence-electron chi connectivity index (χ2n) is 7.50. The first-order valence-corrected chi connectivity index (χ1v) is 21.0. The van der Waals surface area contributed by atoms with Gasteiger partial charge in [0.1, 0.15) is 0 Å². The second kappa shape index (κ2) is 6.55. The molecule has 3 rings (SSSR count). The molecule has 2 aliphatic carbocycles. The summed E-state index contributed by atoms with van der Waals surface area (Å²) < 4.78 is 7.69. The average Bonchev–Trinajstić information content (AvgIpc) is 3.01. The number of benzene rings is 1. The Hall–Kier alpha value is 0.120. The number of hydrogen-bond donors (Lipinski definition) is 0. The Morgan fingerprint density at radius 1 is 1.09 bits per heavy atom. The summed E-state index contributed by atoms with van der Waals surface area (Å²) in [7, 11) is 0. The molecule has 1 atom stereocenters. The van der Waals surface area contributed by atoms with E-state index in [-0.39, 0.29) is 24.8 Å². The monoisotopic (exact) mass is 430 g/mol. The summed E-state index contributed by atoms with van der Waals surface area (Å²) in [6, 6.07) is 4.58. The molecule has 0 spiro atoms. The molecule has 0 saturated heterocycles. The Labute approximate surface area is 149 Å². The average molecular weight is 433 g/mol. The van der Waals surface area contributed by atoms with E-state index in [9.17, 15) is 0 Å². The van der Waals surface area contributed by atoms with Gasteiger partial charge in [-0.25, -0.2) is 0 Å². The van der Waals surface area contributed by atoms with Gasteiger partial charge >= 0.3 is 125 Å². The van der Waals surface area contributed by atoms with Crippen LogP contribution < -0.4 is 0 Å². The first-order valence-electron chi connectivity index (χ1n) is 7.51. The third kappa shape index (κ3) is 3.05. The molecular formula is C18H26Cl2SiZr. The van der Waals surface area contributed by atoms with Crippen LogP contribution >= 0.6 is 24.8 Å². The van der Waals surface area contributed by atoms with Crippen LogP contribution in [0.1, 0.15) is 32.3 Å². The van der Waals surface area contributed by atoms with Crippen LogP contribution in [0.4, 0.5) is 0 Å². The molecule has 0 N–H and O–H groups in total.